The van der Waals surface area contributed by atoms with Gasteiger partial charge in [-0.2, -0.15) is 0 Å². The highest BCUT2D eigenvalue weighted by atomic mass is 32.1. The Kier molecular flexibility index (Phi) is 1.06. The number of cyclic esters (lactones) is 1. The zero-order valence-corrected chi connectivity index (χ0v) is 7.26. The van der Waals surface area contributed by atoms with Gasteiger partial charge in [-0.25, -0.2) is 0 Å². The van der Waals surface area contributed by atoms with Gasteiger partial charge in [0.2, 0.25) is 0 Å². The van der Waals surface area contributed by atoms with Gasteiger partial charge in [-0.3, -0.25) is 4.79 Å². The Morgan fingerprint density at radius 3 is 3.08 bits per heavy atom. The summed E-state index contributed by atoms with van der Waals surface area (Å²) in [5.74, 6) is 0.471. The van der Waals surface area contributed by atoms with Crippen LogP contribution in [0.5, 0.6) is 0 Å². The van der Waals surface area contributed by atoms with Crippen LogP contribution in [0.3, 0.4) is 0 Å². The second kappa shape index (κ2) is 1.91. The Hall–Kier alpha value is -0.830. The van der Waals surface area contributed by atoms with E-state index in [-0.39, 0.29) is 11.4 Å². The van der Waals surface area contributed by atoms with E-state index in [1.165, 1.54) is 4.88 Å². The van der Waals surface area contributed by atoms with Crippen molar-refractivity contribution in [3.63, 3.8) is 0 Å². The van der Waals surface area contributed by atoms with Crippen LogP contribution < -0.4 is 0 Å². The maximum Gasteiger partial charge on any atom is 0.317 e. The number of ether oxygens (including phenoxy) is 1. The van der Waals surface area contributed by atoms with E-state index in [1.54, 1.807) is 11.3 Å². The SMILES string of the molecule is O=C1OC[C@@H]2C[C@]12c1cccs1. The number of hydrogen-bond donors (Lipinski definition) is 0. The minimum atomic E-state index is -0.200. The molecule has 0 bridgehead atoms. The smallest absolute Gasteiger partial charge is 0.317 e. The maximum absolute atomic E-state index is 11.4. The zero-order chi connectivity index (χ0) is 8.18. The van der Waals surface area contributed by atoms with Gasteiger partial charge in [0, 0.05) is 10.8 Å². The van der Waals surface area contributed by atoms with Crippen molar-refractivity contribution in [2.24, 2.45) is 5.92 Å². The number of hydrogen-bond acceptors (Lipinski definition) is 3. The highest BCUT2D eigenvalue weighted by molar-refractivity contribution is 7.10. The molecule has 2 fully saturated rings. The van der Waals surface area contributed by atoms with E-state index < -0.39 is 0 Å². The van der Waals surface area contributed by atoms with Crippen LogP contribution in [0.1, 0.15) is 11.3 Å². The van der Waals surface area contributed by atoms with Gasteiger partial charge in [0.25, 0.3) is 0 Å². The first-order valence-electron chi connectivity index (χ1n) is 4.05. The summed E-state index contributed by atoms with van der Waals surface area (Å²) in [6, 6.07) is 4.03. The van der Waals surface area contributed by atoms with Crippen LogP contribution in [0, 0.1) is 5.92 Å². The molecule has 0 amide bonds. The van der Waals surface area contributed by atoms with Gasteiger partial charge in [0.15, 0.2) is 0 Å². The minimum Gasteiger partial charge on any atom is -0.465 e. The van der Waals surface area contributed by atoms with Crippen LogP contribution in [-0.4, -0.2) is 12.6 Å². The molecule has 3 heteroatoms. The van der Waals surface area contributed by atoms with Crippen LogP contribution in [0.2, 0.25) is 0 Å². The molecule has 0 radical (unpaired) electrons. The molecule has 1 aliphatic heterocycles. The molecule has 3 rings (SSSR count). The summed E-state index contributed by atoms with van der Waals surface area (Å²) < 4.78 is 5.01. The van der Waals surface area contributed by atoms with E-state index in [4.69, 9.17) is 4.74 Å². The predicted octanol–water partition coefficient (Wildman–Crippen LogP) is 1.56. The molecule has 1 aliphatic carbocycles. The fourth-order valence-corrected chi connectivity index (χ4v) is 3.03. The van der Waals surface area contributed by atoms with Crippen LogP contribution in [0.25, 0.3) is 0 Å². The van der Waals surface area contributed by atoms with Crippen LogP contribution >= 0.6 is 11.3 Å². The van der Waals surface area contributed by atoms with Crippen molar-refractivity contribution in [3.8, 4) is 0 Å². The lowest BCUT2D eigenvalue weighted by molar-refractivity contribution is -0.142. The number of rotatable bonds is 1. The third-order valence-electron chi connectivity index (χ3n) is 2.85. The Labute approximate surface area is 74.2 Å². The van der Waals surface area contributed by atoms with Crippen molar-refractivity contribution in [2.75, 3.05) is 6.61 Å². The third kappa shape index (κ3) is 0.591. The maximum atomic E-state index is 11.4. The second-order valence-corrected chi connectivity index (χ2v) is 4.40. The van der Waals surface area contributed by atoms with Gasteiger partial charge in [-0.05, 0) is 17.9 Å². The highest BCUT2D eigenvalue weighted by Gasteiger charge is 2.67. The quantitative estimate of drug-likeness (QED) is 0.613. The van der Waals surface area contributed by atoms with Crippen molar-refractivity contribution in [1.82, 2.24) is 0 Å². The Balaban J connectivity index is 2.08. The zero-order valence-electron chi connectivity index (χ0n) is 6.45. The van der Waals surface area contributed by atoms with Gasteiger partial charge in [0.1, 0.15) is 5.41 Å². The first kappa shape index (κ1) is 6.66. The van der Waals surface area contributed by atoms with Gasteiger partial charge < -0.3 is 4.74 Å². The van der Waals surface area contributed by atoms with Gasteiger partial charge >= 0.3 is 5.97 Å². The number of carbonyl (C=O) groups excluding carboxylic acids is 1. The molecule has 0 aromatic carbocycles. The number of carbonyl (C=O) groups is 1. The molecule has 1 saturated carbocycles. The molecule has 2 nitrogen and oxygen atoms in total. The van der Waals surface area contributed by atoms with E-state index in [0.29, 0.717) is 12.5 Å². The molecular formula is C9H8O2S. The number of thiophene rings is 1. The van der Waals surface area contributed by atoms with Crippen LogP contribution in [-0.2, 0) is 14.9 Å². The van der Waals surface area contributed by atoms with Crippen LogP contribution in [0.15, 0.2) is 17.5 Å². The lowest BCUT2D eigenvalue weighted by Crippen LogP contribution is -2.16. The first-order chi connectivity index (χ1) is 5.84. The van der Waals surface area contributed by atoms with Crippen molar-refractivity contribution in [1.29, 1.82) is 0 Å². The van der Waals surface area contributed by atoms with E-state index in [2.05, 4.69) is 0 Å². The molecule has 1 aromatic heterocycles. The van der Waals surface area contributed by atoms with Crippen molar-refractivity contribution in [2.45, 2.75) is 11.8 Å². The Morgan fingerprint density at radius 2 is 2.58 bits per heavy atom. The predicted molar refractivity (Wildman–Crippen MR) is 45.1 cm³/mol. The van der Waals surface area contributed by atoms with Gasteiger partial charge in [-0.15, -0.1) is 11.3 Å². The number of esters is 1. The highest BCUT2D eigenvalue weighted by Crippen LogP contribution is 2.59. The minimum absolute atomic E-state index is 0.00468. The summed E-state index contributed by atoms with van der Waals surface area (Å²) >= 11 is 1.66. The largest absolute Gasteiger partial charge is 0.465 e. The monoisotopic (exact) mass is 180 g/mol. The summed E-state index contributed by atoms with van der Waals surface area (Å²) in [4.78, 5) is 12.6. The van der Waals surface area contributed by atoms with E-state index >= 15 is 0 Å². The third-order valence-corrected chi connectivity index (χ3v) is 3.89. The van der Waals surface area contributed by atoms with Gasteiger partial charge in [-0.1, -0.05) is 6.07 Å². The summed E-state index contributed by atoms with van der Waals surface area (Å²) in [7, 11) is 0. The van der Waals surface area contributed by atoms with Crippen molar-refractivity contribution in [3.05, 3.63) is 22.4 Å². The van der Waals surface area contributed by atoms with Gasteiger partial charge in [0.05, 0.1) is 6.61 Å². The number of fused-ring (bicyclic) bond motifs is 1. The van der Waals surface area contributed by atoms with Crippen molar-refractivity contribution < 1.29 is 9.53 Å². The standard InChI is InChI=1S/C9H8O2S/c10-8-9(4-6(9)5-11-8)7-2-1-3-12-7/h1-3,6H,4-5H2/t6-,9-/m0/s1. The normalized spacial score (nSPS) is 37.7. The fraction of sp³-hybridized carbons (Fsp3) is 0.444. The van der Waals surface area contributed by atoms with E-state index in [0.717, 1.165) is 6.42 Å². The molecule has 2 heterocycles. The second-order valence-electron chi connectivity index (χ2n) is 3.45. The topological polar surface area (TPSA) is 26.3 Å². The molecule has 2 aliphatic rings. The molecule has 0 N–H and O–H groups in total. The summed E-state index contributed by atoms with van der Waals surface area (Å²) in [6.45, 7) is 0.636. The molecule has 0 spiro atoms. The van der Waals surface area contributed by atoms with Crippen molar-refractivity contribution >= 4 is 17.3 Å². The molecule has 1 saturated heterocycles. The Morgan fingerprint density at radius 1 is 1.67 bits per heavy atom. The summed E-state index contributed by atoms with van der Waals surface area (Å²) in [6.07, 6.45) is 1.01. The molecular weight excluding hydrogens is 172 g/mol. The first-order valence-corrected chi connectivity index (χ1v) is 4.93. The summed E-state index contributed by atoms with van der Waals surface area (Å²) in [5, 5.41) is 2.02. The van der Waals surface area contributed by atoms with E-state index in [1.807, 2.05) is 17.5 Å². The molecule has 0 unspecified atom stereocenters. The fourth-order valence-electron chi connectivity index (χ4n) is 2.02. The molecule has 12 heavy (non-hydrogen) atoms. The molecule has 1 aromatic rings. The molecule has 62 valence electrons. The lowest BCUT2D eigenvalue weighted by Gasteiger charge is -2.04. The van der Waals surface area contributed by atoms with E-state index in [9.17, 15) is 4.79 Å². The lowest BCUT2D eigenvalue weighted by atomic mass is 10.0. The average molecular weight is 180 g/mol. The Bertz CT molecular complexity index is 330. The van der Waals surface area contributed by atoms with Crippen LogP contribution in [0.4, 0.5) is 0 Å². The molecule has 2 atom stereocenters. The summed E-state index contributed by atoms with van der Waals surface area (Å²) in [5.41, 5.74) is -0.200. The average Bonchev–Trinajstić information content (AvgIpc) is 2.49.